The number of likely N-dealkylation sites (tertiary alicyclic amines) is 1. The Morgan fingerprint density at radius 2 is 2.05 bits per heavy atom. The van der Waals surface area contributed by atoms with E-state index < -0.39 is 12.0 Å². The van der Waals surface area contributed by atoms with Gasteiger partial charge in [-0.3, -0.25) is 9.69 Å². The van der Waals surface area contributed by atoms with Gasteiger partial charge in [0.25, 0.3) is 0 Å². The van der Waals surface area contributed by atoms with E-state index in [1.54, 1.807) is 12.3 Å². The number of nitrogens with zero attached hydrogens (tertiary/aromatic N) is 1. The van der Waals surface area contributed by atoms with Gasteiger partial charge in [-0.2, -0.15) is 0 Å². The summed E-state index contributed by atoms with van der Waals surface area (Å²) < 4.78 is 0. The molecule has 0 saturated carbocycles. The SMILES string of the molecule is O=C(O)C(c1c[nH]c2ccc(Cl)cc12)N1CCCCC1. The van der Waals surface area contributed by atoms with Gasteiger partial charge in [0.15, 0.2) is 0 Å². The minimum absolute atomic E-state index is 0.595. The summed E-state index contributed by atoms with van der Waals surface area (Å²) in [5.41, 5.74) is 1.73. The van der Waals surface area contributed by atoms with E-state index in [4.69, 9.17) is 11.6 Å². The molecule has 1 aromatic heterocycles. The van der Waals surface area contributed by atoms with Crippen LogP contribution in [0.5, 0.6) is 0 Å². The summed E-state index contributed by atoms with van der Waals surface area (Å²) in [7, 11) is 0. The van der Waals surface area contributed by atoms with Crippen molar-refractivity contribution in [1.82, 2.24) is 9.88 Å². The van der Waals surface area contributed by atoms with Crippen LogP contribution in [0, 0.1) is 0 Å². The molecule has 4 nitrogen and oxygen atoms in total. The van der Waals surface area contributed by atoms with Crippen LogP contribution in [-0.4, -0.2) is 34.0 Å². The molecule has 0 bridgehead atoms. The molecule has 1 aromatic carbocycles. The first-order valence-electron chi connectivity index (χ1n) is 6.90. The largest absolute Gasteiger partial charge is 0.480 e. The zero-order valence-electron chi connectivity index (χ0n) is 11.1. The lowest BCUT2D eigenvalue weighted by Crippen LogP contribution is -2.37. The molecule has 1 aliphatic heterocycles. The third-order valence-corrected chi connectivity index (χ3v) is 4.20. The highest BCUT2D eigenvalue weighted by Gasteiger charge is 2.30. The first-order valence-corrected chi connectivity index (χ1v) is 7.28. The van der Waals surface area contributed by atoms with Crippen molar-refractivity contribution < 1.29 is 9.90 Å². The molecule has 1 atom stereocenters. The first-order chi connectivity index (χ1) is 9.66. The monoisotopic (exact) mass is 292 g/mol. The van der Waals surface area contributed by atoms with Crippen LogP contribution in [-0.2, 0) is 4.79 Å². The van der Waals surface area contributed by atoms with Crippen molar-refractivity contribution in [2.75, 3.05) is 13.1 Å². The molecule has 0 spiro atoms. The Hall–Kier alpha value is -1.52. The van der Waals surface area contributed by atoms with Gasteiger partial charge >= 0.3 is 5.97 Å². The molecular weight excluding hydrogens is 276 g/mol. The van der Waals surface area contributed by atoms with E-state index in [1.807, 2.05) is 12.1 Å². The van der Waals surface area contributed by atoms with Crippen LogP contribution < -0.4 is 0 Å². The molecule has 5 heteroatoms. The van der Waals surface area contributed by atoms with Gasteiger partial charge in [-0.1, -0.05) is 18.0 Å². The number of rotatable bonds is 3. The average molecular weight is 293 g/mol. The highest BCUT2D eigenvalue weighted by molar-refractivity contribution is 6.31. The van der Waals surface area contributed by atoms with E-state index >= 15 is 0 Å². The van der Waals surface area contributed by atoms with Gasteiger partial charge in [0, 0.05) is 27.7 Å². The number of fused-ring (bicyclic) bond motifs is 1. The molecule has 2 N–H and O–H groups in total. The number of halogens is 1. The van der Waals surface area contributed by atoms with Crippen molar-refractivity contribution in [1.29, 1.82) is 0 Å². The fraction of sp³-hybridized carbons (Fsp3) is 0.400. The van der Waals surface area contributed by atoms with E-state index in [2.05, 4.69) is 9.88 Å². The predicted molar refractivity (Wildman–Crippen MR) is 79.1 cm³/mol. The van der Waals surface area contributed by atoms with Crippen LogP contribution in [0.1, 0.15) is 30.9 Å². The fourth-order valence-corrected chi connectivity index (χ4v) is 3.18. The van der Waals surface area contributed by atoms with E-state index in [1.165, 1.54) is 6.42 Å². The summed E-state index contributed by atoms with van der Waals surface area (Å²) in [4.78, 5) is 16.9. The van der Waals surface area contributed by atoms with Crippen molar-refractivity contribution in [3.05, 3.63) is 35.0 Å². The maximum atomic E-state index is 11.7. The highest BCUT2D eigenvalue weighted by atomic mass is 35.5. The van der Waals surface area contributed by atoms with Gasteiger partial charge in [0.2, 0.25) is 0 Å². The number of carboxylic acids is 1. The average Bonchev–Trinajstić information content (AvgIpc) is 2.83. The first kappa shape index (κ1) is 13.5. The number of benzene rings is 1. The van der Waals surface area contributed by atoms with Crippen LogP contribution in [0.2, 0.25) is 5.02 Å². The molecule has 3 rings (SSSR count). The molecule has 106 valence electrons. The Labute approximate surface area is 122 Å². The number of aromatic amines is 1. The lowest BCUT2D eigenvalue weighted by atomic mass is 10.0. The van der Waals surface area contributed by atoms with Crippen molar-refractivity contribution in [3.8, 4) is 0 Å². The third kappa shape index (κ3) is 2.41. The Bertz CT molecular complexity index is 632. The summed E-state index contributed by atoms with van der Waals surface area (Å²) >= 11 is 6.04. The van der Waals surface area contributed by atoms with Gasteiger partial charge < -0.3 is 10.1 Å². The number of aliphatic carboxylic acids is 1. The summed E-state index contributed by atoms with van der Waals surface area (Å²) in [6.07, 6.45) is 5.11. The molecule has 1 saturated heterocycles. The van der Waals surface area contributed by atoms with Crippen LogP contribution >= 0.6 is 11.6 Å². The van der Waals surface area contributed by atoms with Crippen molar-refractivity contribution in [2.45, 2.75) is 25.3 Å². The molecule has 2 heterocycles. The Balaban J connectivity index is 2.04. The van der Waals surface area contributed by atoms with Crippen LogP contribution in [0.4, 0.5) is 0 Å². The van der Waals surface area contributed by atoms with Crippen molar-refractivity contribution in [3.63, 3.8) is 0 Å². The van der Waals surface area contributed by atoms with Crippen LogP contribution in [0.3, 0.4) is 0 Å². The van der Waals surface area contributed by atoms with Gasteiger partial charge in [0.1, 0.15) is 6.04 Å². The molecule has 1 fully saturated rings. The van der Waals surface area contributed by atoms with Crippen LogP contribution in [0.15, 0.2) is 24.4 Å². The Kier molecular flexibility index (Phi) is 3.68. The predicted octanol–water partition coefficient (Wildman–Crippen LogP) is 3.43. The number of hydrogen-bond acceptors (Lipinski definition) is 2. The number of hydrogen-bond donors (Lipinski definition) is 2. The van der Waals surface area contributed by atoms with E-state index in [9.17, 15) is 9.90 Å². The third-order valence-electron chi connectivity index (χ3n) is 3.96. The molecule has 0 radical (unpaired) electrons. The topological polar surface area (TPSA) is 56.3 Å². The summed E-state index contributed by atoms with van der Waals surface area (Å²) in [6.45, 7) is 1.68. The fourth-order valence-electron chi connectivity index (χ4n) is 3.00. The second-order valence-corrected chi connectivity index (χ2v) is 5.71. The summed E-state index contributed by atoms with van der Waals surface area (Å²) in [6, 6.07) is 4.93. The Morgan fingerprint density at radius 1 is 1.30 bits per heavy atom. The quantitative estimate of drug-likeness (QED) is 0.911. The smallest absolute Gasteiger partial charge is 0.325 e. The van der Waals surface area contributed by atoms with Crippen molar-refractivity contribution in [2.24, 2.45) is 0 Å². The standard InChI is InChI=1S/C15H17ClN2O2/c16-10-4-5-13-11(8-10)12(9-17-13)14(15(19)20)18-6-2-1-3-7-18/h4-5,8-9,14,17H,1-3,6-7H2,(H,19,20). The van der Waals surface area contributed by atoms with Crippen molar-refractivity contribution >= 4 is 28.5 Å². The molecule has 20 heavy (non-hydrogen) atoms. The Morgan fingerprint density at radius 3 is 2.75 bits per heavy atom. The molecule has 0 amide bonds. The minimum atomic E-state index is -0.798. The normalized spacial score (nSPS) is 18.2. The van der Waals surface area contributed by atoms with Gasteiger partial charge in [-0.05, 0) is 44.1 Å². The molecule has 1 unspecified atom stereocenters. The second-order valence-electron chi connectivity index (χ2n) is 5.27. The number of nitrogens with one attached hydrogen (secondary N) is 1. The molecule has 0 aliphatic carbocycles. The lowest BCUT2D eigenvalue weighted by Gasteiger charge is -2.31. The second kappa shape index (κ2) is 5.46. The summed E-state index contributed by atoms with van der Waals surface area (Å²) in [5, 5.41) is 11.2. The molecular formula is C15H17ClN2O2. The van der Waals surface area contributed by atoms with Crippen LogP contribution in [0.25, 0.3) is 10.9 Å². The van der Waals surface area contributed by atoms with E-state index in [0.717, 1.165) is 42.4 Å². The zero-order valence-corrected chi connectivity index (χ0v) is 11.9. The molecule has 1 aliphatic rings. The number of aromatic nitrogens is 1. The highest BCUT2D eigenvalue weighted by Crippen LogP contribution is 2.32. The number of carboxylic acid groups (broad SMARTS) is 1. The lowest BCUT2D eigenvalue weighted by molar-refractivity contribution is -0.144. The number of H-pyrrole nitrogens is 1. The zero-order chi connectivity index (χ0) is 14.1. The van der Waals surface area contributed by atoms with E-state index in [0.29, 0.717) is 5.02 Å². The van der Waals surface area contributed by atoms with Gasteiger partial charge in [-0.25, -0.2) is 0 Å². The van der Waals surface area contributed by atoms with Gasteiger partial charge in [0.05, 0.1) is 0 Å². The maximum absolute atomic E-state index is 11.7. The maximum Gasteiger partial charge on any atom is 0.325 e. The summed E-state index contributed by atoms with van der Waals surface area (Å²) in [5.74, 6) is -0.798. The number of piperidine rings is 1. The molecule has 2 aromatic rings. The van der Waals surface area contributed by atoms with Gasteiger partial charge in [-0.15, -0.1) is 0 Å². The number of carbonyl (C=O) groups is 1. The van der Waals surface area contributed by atoms with E-state index in [-0.39, 0.29) is 0 Å². The minimum Gasteiger partial charge on any atom is -0.480 e.